The molecular formula is C30H24BrCl2NO3. The number of carbonyl (C=O) groups is 2. The van der Waals surface area contributed by atoms with E-state index in [4.69, 9.17) is 27.9 Å². The van der Waals surface area contributed by atoms with Gasteiger partial charge >= 0.3 is 0 Å². The summed E-state index contributed by atoms with van der Waals surface area (Å²) in [5, 5.41) is 3.97. The normalized spacial score (nSPS) is 18.8. The number of carbonyl (C=O) groups excluding carboxylic acids is 2. The molecule has 2 aliphatic rings. The maximum absolute atomic E-state index is 14.2. The first-order chi connectivity index (χ1) is 17.6. The van der Waals surface area contributed by atoms with Crippen LogP contribution < -0.4 is 5.32 Å². The van der Waals surface area contributed by atoms with E-state index in [0.717, 1.165) is 15.7 Å². The molecule has 0 fully saturated rings. The van der Waals surface area contributed by atoms with Crippen LogP contribution in [-0.2, 0) is 9.53 Å². The second kappa shape index (κ2) is 10.1. The Hall–Kier alpha value is -2.86. The fourth-order valence-corrected chi connectivity index (χ4v) is 5.69. The highest BCUT2D eigenvalue weighted by molar-refractivity contribution is 9.10. The maximum atomic E-state index is 14.2. The summed E-state index contributed by atoms with van der Waals surface area (Å²) in [7, 11) is 0. The molecule has 4 nitrogen and oxygen atoms in total. The van der Waals surface area contributed by atoms with E-state index in [1.54, 1.807) is 18.2 Å². The summed E-state index contributed by atoms with van der Waals surface area (Å²) in [4.78, 5) is 27.9. The number of nitrogens with one attached hydrogen (secondary N) is 1. The molecule has 0 bridgehead atoms. The number of para-hydroxylation sites is 1. The molecule has 1 unspecified atom stereocenters. The van der Waals surface area contributed by atoms with Gasteiger partial charge in [-0.25, -0.2) is 0 Å². The molecule has 1 aliphatic heterocycles. The molecule has 1 N–H and O–H groups in total. The summed E-state index contributed by atoms with van der Waals surface area (Å²) in [6.07, 6.45) is 0.942. The lowest BCUT2D eigenvalue weighted by Crippen LogP contribution is -2.35. The van der Waals surface area contributed by atoms with Gasteiger partial charge in [-0.2, -0.15) is 0 Å². The SMILES string of the molecule is CC1(C)CC(=O)C2=C(C1)OC(Nc1ccccc1)=C(C(=O)c1ccc(Cl)cc1Cl)C2c1ccc(Br)cc1. The number of ketones is 2. The number of benzene rings is 3. The predicted molar refractivity (Wildman–Crippen MR) is 151 cm³/mol. The fourth-order valence-electron chi connectivity index (χ4n) is 4.93. The molecular weight excluding hydrogens is 573 g/mol. The standard InChI is InChI=1S/C30H24BrCl2NO3/c1-30(2)15-23(35)26-24(16-30)37-29(34-20-6-4-3-5-7-20)27(25(26)17-8-10-18(31)11-9-17)28(36)21-13-12-19(32)14-22(21)33/h3-14,25,34H,15-16H2,1-2H3. The van der Waals surface area contributed by atoms with Crippen molar-refractivity contribution in [1.29, 1.82) is 0 Å². The largest absolute Gasteiger partial charge is 0.444 e. The van der Waals surface area contributed by atoms with Crippen LogP contribution in [0, 0.1) is 5.41 Å². The number of anilines is 1. The van der Waals surface area contributed by atoms with Crippen molar-refractivity contribution >= 4 is 56.4 Å². The van der Waals surface area contributed by atoms with Crippen molar-refractivity contribution in [1.82, 2.24) is 0 Å². The summed E-state index contributed by atoms with van der Waals surface area (Å²) in [6.45, 7) is 4.10. The van der Waals surface area contributed by atoms with E-state index in [1.807, 2.05) is 54.6 Å². The zero-order valence-electron chi connectivity index (χ0n) is 20.3. The Balaban J connectivity index is 1.75. The molecule has 0 radical (unpaired) electrons. The first kappa shape index (κ1) is 25.8. The summed E-state index contributed by atoms with van der Waals surface area (Å²) in [5.41, 5.74) is 2.43. The lowest BCUT2D eigenvalue weighted by molar-refractivity contribution is -0.119. The van der Waals surface area contributed by atoms with Gasteiger partial charge in [-0.1, -0.05) is 83.3 Å². The minimum Gasteiger partial charge on any atom is -0.444 e. The van der Waals surface area contributed by atoms with Gasteiger partial charge < -0.3 is 10.1 Å². The van der Waals surface area contributed by atoms with E-state index in [1.165, 1.54) is 0 Å². The molecule has 37 heavy (non-hydrogen) atoms. The number of halogens is 3. The Morgan fingerprint density at radius 2 is 1.70 bits per heavy atom. The van der Waals surface area contributed by atoms with Gasteiger partial charge in [0.15, 0.2) is 11.6 Å². The molecule has 1 atom stereocenters. The quantitative estimate of drug-likeness (QED) is 0.299. The highest BCUT2D eigenvalue weighted by Gasteiger charge is 2.45. The van der Waals surface area contributed by atoms with Crippen molar-refractivity contribution in [3.63, 3.8) is 0 Å². The van der Waals surface area contributed by atoms with Crippen molar-refractivity contribution in [3.05, 3.63) is 121 Å². The molecule has 0 aromatic heterocycles. The number of hydrogen-bond acceptors (Lipinski definition) is 4. The van der Waals surface area contributed by atoms with Gasteiger partial charge in [0.1, 0.15) is 5.76 Å². The van der Waals surface area contributed by atoms with E-state index in [2.05, 4.69) is 35.1 Å². The van der Waals surface area contributed by atoms with Crippen molar-refractivity contribution in [3.8, 4) is 0 Å². The molecule has 5 rings (SSSR count). The fraction of sp³-hybridized carbons (Fsp3) is 0.200. The van der Waals surface area contributed by atoms with Crippen LogP contribution in [0.2, 0.25) is 10.0 Å². The minimum atomic E-state index is -0.633. The molecule has 0 saturated carbocycles. The van der Waals surface area contributed by atoms with Crippen LogP contribution in [0.4, 0.5) is 5.69 Å². The molecule has 0 spiro atoms. The van der Waals surface area contributed by atoms with E-state index in [-0.39, 0.29) is 27.6 Å². The van der Waals surface area contributed by atoms with Crippen LogP contribution in [0.15, 0.2) is 100 Å². The number of rotatable bonds is 5. The zero-order chi connectivity index (χ0) is 26.3. The highest BCUT2D eigenvalue weighted by atomic mass is 79.9. The maximum Gasteiger partial charge on any atom is 0.205 e. The molecule has 7 heteroatoms. The van der Waals surface area contributed by atoms with Crippen molar-refractivity contribution < 1.29 is 14.3 Å². The van der Waals surface area contributed by atoms with E-state index in [0.29, 0.717) is 40.7 Å². The van der Waals surface area contributed by atoms with Gasteiger partial charge in [-0.05, 0) is 53.4 Å². The van der Waals surface area contributed by atoms with Crippen molar-refractivity contribution in [2.75, 3.05) is 5.32 Å². The Labute approximate surface area is 234 Å². The topological polar surface area (TPSA) is 55.4 Å². The van der Waals surface area contributed by atoms with Crippen LogP contribution in [0.1, 0.15) is 48.5 Å². The third-order valence-corrected chi connectivity index (χ3v) is 7.66. The third kappa shape index (κ3) is 5.26. The van der Waals surface area contributed by atoms with Crippen molar-refractivity contribution in [2.24, 2.45) is 5.41 Å². The summed E-state index contributed by atoms with van der Waals surface area (Å²) < 4.78 is 7.32. The van der Waals surface area contributed by atoms with Crippen LogP contribution >= 0.6 is 39.1 Å². The Morgan fingerprint density at radius 1 is 1.00 bits per heavy atom. The second-order valence-corrected chi connectivity index (χ2v) is 11.8. The predicted octanol–water partition coefficient (Wildman–Crippen LogP) is 8.72. The van der Waals surface area contributed by atoms with E-state index >= 15 is 0 Å². The number of ether oxygens (including phenoxy) is 1. The summed E-state index contributed by atoms with van der Waals surface area (Å²) >= 11 is 16.1. The van der Waals surface area contributed by atoms with E-state index < -0.39 is 5.92 Å². The molecule has 1 heterocycles. The molecule has 0 saturated heterocycles. The highest BCUT2D eigenvalue weighted by Crippen LogP contribution is 2.50. The number of Topliss-reactive ketones (excluding diaryl/α,β-unsaturated/α-hetero) is 2. The Bertz CT molecular complexity index is 1460. The first-order valence-corrected chi connectivity index (χ1v) is 13.4. The van der Waals surface area contributed by atoms with Crippen LogP contribution in [0.5, 0.6) is 0 Å². The lowest BCUT2D eigenvalue weighted by Gasteiger charge is -2.39. The first-order valence-electron chi connectivity index (χ1n) is 11.9. The lowest BCUT2D eigenvalue weighted by atomic mass is 9.69. The average Bonchev–Trinajstić information content (AvgIpc) is 2.83. The minimum absolute atomic E-state index is 0.0227. The van der Waals surface area contributed by atoms with Gasteiger partial charge in [0.2, 0.25) is 5.88 Å². The average molecular weight is 597 g/mol. The van der Waals surface area contributed by atoms with Crippen molar-refractivity contribution in [2.45, 2.75) is 32.6 Å². The smallest absolute Gasteiger partial charge is 0.205 e. The number of hydrogen-bond donors (Lipinski definition) is 1. The third-order valence-electron chi connectivity index (χ3n) is 6.58. The molecule has 3 aromatic carbocycles. The number of allylic oxidation sites excluding steroid dienone is 3. The van der Waals surface area contributed by atoms with E-state index in [9.17, 15) is 9.59 Å². The van der Waals surface area contributed by atoms with Crippen LogP contribution in [0.3, 0.4) is 0 Å². The second-order valence-electron chi connectivity index (χ2n) is 10.1. The van der Waals surface area contributed by atoms with Gasteiger partial charge in [-0.15, -0.1) is 0 Å². The van der Waals surface area contributed by atoms with Crippen LogP contribution in [0.25, 0.3) is 0 Å². The van der Waals surface area contributed by atoms with Gasteiger partial charge in [0, 0.05) is 39.2 Å². The van der Waals surface area contributed by atoms with Gasteiger partial charge in [0.25, 0.3) is 0 Å². The zero-order valence-corrected chi connectivity index (χ0v) is 23.4. The molecule has 1 aliphatic carbocycles. The van der Waals surface area contributed by atoms with Gasteiger partial charge in [-0.3, -0.25) is 9.59 Å². The molecule has 3 aromatic rings. The monoisotopic (exact) mass is 595 g/mol. The molecule has 0 amide bonds. The van der Waals surface area contributed by atoms with Crippen LogP contribution in [-0.4, -0.2) is 11.6 Å². The molecule has 188 valence electrons. The Kier molecular flexibility index (Phi) is 7.06. The van der Waals surface area contributed by atoms with Gasteiger partial charge in [0.05, 0.1) is 16.5 Å². The Morgan fingerprint density at radius 3 is 2.38 bits per heavy atom. The summed E-state index contributed by atoms with van der Waals surface area (Å²) in [6, 6.07) is 21.9. The summed E-state index contributed by atoms with van der Waals surface area (Å²) in [5.74, 6) is -0.112.